The number of carbonyl (C=O) groups excluding carboxylic acids is 2. The number of nitrogens with one attached hydrogen (secondary N) is 1. The van der Waals surface area contributed by atoms with E-state index in [1.165, 1.54) is 11.8 Å². The van der Waals surface area contributed by atoms with E-state index in [4.69, 9.17) is 9.26 Å². The molecule has 37 heavy (non-hydrogen) atoms. The molecule has 3 aromatic rings. The number of benzene rings is 2. The molecule has 2 aliphatic rings. The molecule has 190 valence electrons. The van der Waals surface area contributed by atoms with Gasteiger partial charge in [0.2, 0.25) is 11.7 Å². The van der Waals surface area contributed by atoms with E-state index >= 15 is 0 Å². The average molecular weight is 518 g/mol. The van der Waals surface area contributed by atoms with Gasteiger partial charge in [-0.2, -0.15) is 10.2 Å². The van der Waals surface area contributed by atoms with Crippen molar-refractivity contribution in [3.63, 3.8) is 0 Å². The third-order valence-corrected chi connectivity index (χ3v) is 7.12. The highest BCUT2D eigenvalue weighted by atomic mass is 32.2. The summed E-state index contributed by atoms with van der Waals surface area (Å²) in [4.78, 5) is 33.1. The number of rotatable bonds is 5. The summed E-state index contributed by atoms with van der Waals surface area (Å²) in [6.45, 7) is 5.57. The first-order valence-corrected chi connectivity index (χ1v) is 13.1. The molecule has 1 aromatic heterocycles. The molecule has 10 heteroatoms. The smallest absolute Gasteiger partial charge is 0.408 e. The lowest BCUT2D eigenvalue weighted by atomic mass is 10.1. The van der Waals surface area contributed by atoms with E-state index in [1.807, 2.05) is 30.3 Å². The molecule has 1 fully saturated rings. The molecule has 2 heterocycles. The van der Waals surface area contributed by atoms with E-state index in [-0.39, 0.29) is 12.5 Å². The van der Waals surface area contributed by atoms with Gasteiger partial charge in [-0.1, -0.05) is 29.4 Å². The van der Waals surface area contributed by atoms with E-state index in [0.29, 0.717) is 34.6 Å². The first-order chi connectivity index (χ1) is 17.7. The van der Waals surface area contributed by atoms with Crippen LogP contribution in [0.4, 0.5) is 10.5 Å². The number of aromatic nitrogens is 2. The maximum atomic E-state index is 13.7. The summed E-state index contributed by atoms with van der Waals surface area (Å²) in [7, 11) is 0. The van der Waals surface area contributed by atoms with E-state index in [9.17, 15) is 14.9 Å². The van der Waals surface area contributed by atoms with Gasteiger partial charge in [-0.25, -0.2) is 4.79 Å². The van der Waals surface area contributed by atoms with Gasteiger partial charge in [0.1, 0.15) is 11.6 Å². The zero-order chi connectivity index (χ0) is 26.2. The highest BCUT2D eigenvalue weighted by molar-refractivity contribution is 7.99. The van der Waals surface area contributed by atoms with E-state index in [2.05, 4.69) is 21.5 Å². The number of carbonyl (C=O) groups is 2. The second kappa shape index (κ2) is 9.90. The summed E-state index contributed by atoms with van der Waals surface area (Å²) in [6, 6.07) is 14.3. The molecular formula is C27H27N5O4S. The molecule has 2 amide bonds. The minimum atomic E-state index is -0.794. The number of amides is 2. The molecule has 0 spiro atoms. The number of nitriles is 1. The van der Waals surface area contributed by atoms with Crippen LogP contribution in [0.25, 0.3) is 11.4 Å². The van der Waals surface area contributed by atoms with Gasteiger partial charge in [-0.05, 0) is 57.4 Å². The topological polar surface area (TPSA) is 121 Å². The number of hydrogen-bond donors (Lipinski definition) is 1. The summed E-state index contributed by atoms with van der Waals surface area (Å²) >= 11 is 1.46. The van der Waals surface area contributed by atoms with Gasteiger partial charge < -0.3 is 19.5 Å². The van der Waals surface area contributed by atoms with Crippen molar-refractivity contribution < 1.29 is 18.8 Å². The second-order valence-electron chi connectivity index (χ2n) is 10.2. The van der Waals surface area contributed by atoms with Crippen LogP contribution in [0.5, 0.6) is 0 Å². The van der Waals surface area contributed by atoms with Crippen molar-refractivity contribution in [3.05, 3.63) is 59.5 Å². The monoisotopic (exact) mass is 517 g/mol. The Bertz CT molecular complexity index is 1370. The molecule has 2 aromatic carbocycles. The predicted molar refractivity (Wildman–Crippen MR) is 138 cm³/mol. The summed E-state index contributed by atoms with van der Waals surface area (Å²) in [6.07, 6.45) is 1.52. The number of nitrogens with zero attached hydrogens (tertiary/aromatic N) is 4. The third kappa shape index (κ3) is 5.78. The third-order valence-electron chi connectivity index (χ3n) is 5.96. The Morgan fingerprint density at radius 2 is 2.00 bits per heavy atom. The van der Waals surface area contributed by atoms with Crippen molar-refractivity contribution in [2.75, 3.05) is 10.7 Å². The van der Waals surface area contributed by atoms with Gasteiger partial charge in [0.05, 0.1) is 23.9 Å². The Balaban J connectivity index is 1.40. The van der Waals surface area contributed by atoms with Gasteiger partial charge >= 0.3 is 6.09 Å². The van der Waals surface area contributed by atoms with Crippen LogP contribution in [0.1, 0.15) is 56.5 Å². The Hall–Kier alpha value is -3.84. The van der Waals surface area contributed by atoms with Gasteiger partial charge in [0.25, 0.3) is 5.91 Å². The van der Waals surface area contributed by atoms with Crippen LogP contribution in [0.3, 0.4) is 0 Å². The predicted octanol–water partition coefficient (Wildman–Crippen LogP) is 5.02. The lowest BCUT2D eigenvalue weighted by Gasteiger charge is -2.27. The fraction of sp³-hybridized carbons (Fsp3) is 0.370. The summed E-state index contributed by atoms with van der Waals surface area (Å²) in [5.74, 6) is 1.67. The maximum absolute atomic E-state index is 13.7. The highest BCUT2D eigenvalue weighted by Crippen LogP contribution is 2.40. The molecule has 0 saturated heterocycles. The standard InChI is InChI=1S/C27H27N5O4S/c1-27(2,3)35-26(34)29-20-15-37-22-11-6-17(13-28)12-21(22)32(25(20)33)14-16-4-7-18(8-5-16)23-30-24(36-31-23)19-9-10-19/h4-8,11-12,19-20H,9-10,14-15H2,1-3H3,(H,29,34)/t20-/m0/s1. The van der Waals surface area contributed by atoms with Crippen LogP contribution in [-0.2, 0) is 16.1 Å². The fourth-order valence-corrected chi connectivity index (χ4v) is 5.03. The molecule has 0 unspecified atom stereocenters. The Labute approximate surface area is 219 Å². The normalized spacial score (nSPS) is 17.5. The first kappa shape index (κ1) is 24.8. The molecule has 1 saturated carbocycles. The molecular weight excluding hydrogens is 490 g/mol. The van der Waals surface area contributed by atoms with Crippen molar-refractivity contribution in [1.29, 1.82) is 5.26 Å². The Morgan fingerprint density at radius 1 is 1.24 bits per heavy atom. The lowest BCUT2D eigenvalue weighted by molar-refractivity contribution is -0.120. The van der Waals surface area contributed by atoms with Gasteiger partial charge in [0.15, 0.2) is 0 Å². The van der Waals surface area contributed by atoms with Crippen LogP contribution in [-0.4, -0.2) is 39.5 Å². The molecule has 1 N–H and O–H groups in total. The van der Waals surface area contributed by atoms with E-state index < -0.39 is 17.7 Å². The fourth-order valence-electron chi connectivity index (χ4n) is 3.98. The van der Waals surface area contributed by atoms with Crippen molar-refractivity contribution in [1.82, 2.24) is 15.5 Å². The lowest BCUT2D eigenvalue weighted by Crippen LogP contribution is -2.50. The Morgan fingerprint density at radius 3 is 2.68 bits per heavy atom. The number of alkyl carbamates (subject to hydrolysis) is 1. The quantitative estimate of drug-likeness (QED) is 0.501. The maximum Gasteiger partial charge on any atom is 0.408 e. The van der Waals surface area contributed by atoms with Crippen molar-refractivity contribution in [2.45, 2.75) is 62.6 Å². The van der Waals surface area contributed by atoms with Gasteiger partial charge in [-0.3, -0.25) is 4.79 Å². The molecule has 0 radical (unpaired) electrons. The van der Waals surface area contributed by atoms with Crippen LogP contribution < -0.4 is 10.2 Å². The van der Waals surface area contributed by atoms with Crippen LogP contribution in [0, 0.1) is 11.3 Å². The first-order valence-electron chi connectivity index (χ1n) is 12.1. The van der Waals surface area contributed by atoms with Crippen LogP contribution in [0.2, 0.25) is 0 Å². The van der Waals surface area contributed by atoms with Crippen LogP contribution >= 0.6 is 11.8 Å². The molecule has 0 bridgehead atoms. The summed E-state index contributed by atoms with van der Waals surface area (Å²) < 4.78 is 10.7. The molecule has 1 aliphatic carbocycles. The van der Waals surface area contributed by atoms with Crippen molar-refractivity contribution in [3.8, 4) is 17.5 Å². The van der Waals surface area contributed by atoms with Crippen molar-refractivity contribution in [2.24, 2.45) is 0 Å². The summed E-state index contributed by atoms with van der Waals surface area (Å²) in [5, 5.41) is 16.3. The SMILES string of the molecule is CC(C)(C)OC(=O)N[C@H]1CSc2ccc(C#N)cc2N(Cc2ccc(-c3noc(C4CC4)n3)cc2)C1=O. The minimum Gasteiger partial charge on any atom is -0.444 e. The van der Waals surface area contributed by atoms with Gasteiger partial charge in [0, 0.05) is 22.1 Å². The molecule has 5 rings (SSSR count). The zero-order valence-electron chi connectivity index (χ0n) is 20.9. The van der Waals surface area contributed by atoms with Crippen LogP contribution in [0.15, 0.2) is 51.9 Å². The minimum absolute atomic E-state index is 0.258. The van der Waals surface area contributed by atoms with E-state index in [0.717, 1.165) is 28.9 Å². The highest BCUT2D eigenvalue weighted by Gasteiger charge is 2.33. The largest absolute Gasteiger partial charge is 0.444 e. The number of hydrogen-bond acceptors (Lipinski definition) is 8. The number of ether oxygens (including phenoxy) is 1. The average Bonchev–Trinajstić information content (AvgIpc) is 3.61. The number of anilines is 1. The molecule has 1 atom stereocenters. The zero-order valence-corrected chi connectivity index (χ0v) is 21.7. The van der Waals surface area contributed by atoms with Gasteiger partial charge in [-0.15, -0.1) is 11.8 Å². The number of fused-ring (bicyclic) bond motifs is 1. The molecule has 9 nitrogen and oxygen atoms in total. The number of thioether (sulfide) groups is 1. The Kier molecular flexibility index (Phi) is 6.65. The summed E-state index contributed by atoms with van der Waals surface area (Å²) in [5.41, 5.74) is 2.11. The second-order valence-corrected chi connectivity index (χ2v) is 11.2. The van der Waals surface area contributed by atoms with Crippen molar-refractivity contribution >= 4 is 29.4 Å². The van der Waals surface area contributed by atoms with E-state index in [1.54, 1.807) is 37.8 Å². The molecule has 1 aliphatic heterocycles.